The van der Waals surface area contributed by atoms with E-state index >= 15 is 0 Å². The van der Waals surface area contributed by atoms with Crippen LogP contribution >= 0.6 is 0 Å². The zero-order chi connectivity index (χ0) is 15.6. The van der Waals surface area contributed by atoms with E-state index in [1.165, 1.54) is 31.5 Å². The van der Waals surface area contributed by atoms with Crippen molar-refractivity contribution in [3.8, 4) is 29.2 Å². The quantitative estimate of drug-likeness (QED) is 0.881. The second-order valence-corrected chi connectivity index (χ2v) is 4.33. The first-order chi connectivity index (χ1) is 9.99. The fourth-order valence-electron chi connectivity index (χ4n) is 2.03. The number of nitrogens with zero attached hydrogens (tertiary/aromatic N) is 1. The smallest absolute Gasteiger partial charge is 0.337 e. The molecule has 1 aromatic carbocycles. The van der Waals surface area contributed by atoms with Crippen molar-refractivity contribution in [3.05, 3.63) is 47.0 Å². The maximum Gasteiger partial charge on any atom is 0.337 e. The monoisotopic (exact) mass is 285 g/mol. The summed E-state index contributed by atoms with van der Waals surface area (Å²) in [5, 5.41) is 9.26. The summed E-state index contributed by atoms with van der Waals surface area (Å²) in [6.07, 6.45) is 6.45. The van der Waals surface area contributed by atoms with Gasteiger partial charge in [0.1, 0.15) is 11.6 Å². The van der Waals surface area contributed by atoms with Crippen molar-refractivity contribution in [2.45, 2.75) is 6.92 Å². The second kappa shape index (κ2) is 5.63. The van der Waals surface area contributed by atoms with Gasteiger partial charge in [0.2, 0.25) is 0 Å². The average molecular weight is 285 g/mol. The lowest BCUT2D eigenvalue weighted by Gasteiger charge is -2.13. The summed E-state index contributed by atoms with van der Waals surface area (Å²) < 4.78 is 19.7. The Morgan fingerprint density at radius 2 is 2.19 bits per heavy atom. The molecule has 0 aliphatic carbocycles. The molecule has 21 heavy (non-hydrogen) atoms. The van der Waals surface area contributed by atoms with E-state index in [4.69, 9.17) is 11.2 Å². The van der Waals surface area contributed by atoms with Crippen LogP contribution in [0.2, 0.25) is 0 Å². The summed E-state index contributed by atoms with van der Waals surface area (Å²) in [6.45, 7) is 1.69. The van der Waals surface area contributed by atoms with Gasteiger partial charge in [-0.3, -0.25) is 4.98 Å². The van der Waals surface area contributed by atoms with E-state index in [1.807, 2.05) is 0 Å². The molecule has 0 spiro atoms. The van der Waals surface area contributed by atoms with Gasteiger partial charge in [-0.1, -0.05) is 5.92 Å². The number of benzene rings is 1. The predicted molar refractivity (Wildman–Crippen MR) is 75.8 cm³/mol. The molecule has 4 nitrogen and oxygen atoms in total. The van der Waals surface area contributed by atoms with E-state index in [-0.39, 0.29) is 28.0 Å². The number of methoxy groups -OCH3 is 1. The molecule has 0 unspecified atom stereocenters. The Labute approximate surface area is 121 Å². The number of carboxylic acid groups (broad SMARTS) is 1. The lowest BCUT2D eigenvalue weighted by atomic mass is 9.97. The molecule has 0 amide bonds. The largest absolute Gasteiger partial charge is 0.496 e. The normalized spacial score (nSPS) is 10.0. The van der Waals surface area contributed by atoms with Crippen LogP contribution in [0.3, 0.4) is 0 Å². The third kappa shape index (κ3) is 2.56. The Balaban J connectivity index is 2.87. The predicted octanol–water partition coefficient (Wildman–Crippen LogP) is 2.88. The van der Waals surface area contributed by atoms with Crippen molar-refractivity contribution in [2.75, 3.05) is 7.11 Å². The number of halogens is 1. The van der Waals surface area contributed by atoms with Gasteiger partial charge in [0, 0.05) is 17.5 Å². The van der Waals surface area contributed by atoms with Crippen molar-refractivity contribution in [1.29, 1.82) is 0 Å². The zero-order valence-electron chi connectivity index (χ0n) is 11.5. The average Bonchev–Trinajstić information content (AvgIpc) is 2.46. The van der Waals surface area contributed by atoms with E-state index in [1.54, 1.807) is 6.92 Å². The summed E-state index contributed by atoms with van der Waals surface area (Å²) in [4.78, 5) is 15.3. The molecule has 0 aliphatic rings. The van der Waals surface area contributed by atoms with Gasteiger partial charge < -0.3 is 9.84 Å². The van der Waals surface area contributed by atoms with Crippen molar-refractivity contribution in [2.24, 2.45) is 0 Å². The van der Waals surface area contributed by atoms with Gasteiger partial charge in [0.25, 0.3) is 0 Å². The number of hydrogen-bond acceptors (Lipinski definition) is 3. The van der Waals surface area contributed by atoms with Crippen LogP contribution in [-0.4, -0.2) is 23.2 Å². The van der Waals surface area contributed by atoms with Gasteiger partial charge in [-0.2, -0.15) is 0 Å². The number of aromatic nitrogens is 1. The Morgan fingerprint density at radius 1 is 1.48 bits per heavy atom. The maximum absolute atomic E-state index is 14.5. The molecule has 2 rings (SSSR count). The van der Waals surface area contributed by atoms with E-state index in [2.05, 4.69) is 10.9 Å². The molecular weight excluding hydrogens is 273 g/mol. The molecule has 0 radical (unpaired) electrons. The van der Waals surface area contributed by atoms with E-state index in [9.17, 15) is 14.3 Å². The molecule has 1 heterocycles. The van der Waals surface area contributed by atoms with Crippen LogP contribution in [-0.2, 0) is 0 Å². The molecule has 0 atom stereocenters. The number of rotatable bonds is 3. The molecule has 106 valence electrons. The van der Waals surface area contributed by atoms with Gasteiger partial charge in [-0.25, -0.2) is 9.18 Å². The first-order valence-electron chi connectivity index (χ1n) is 6.03. The Bertz CT molecular complexity index is 763. The number of aryl methyl sites for hydroxylation is 1. The lowest BCUT2D eigenvalue weighted by molar-refractivity contribution is 0.0697. The Hall–Kier alpha value is -2.87. The molecule has 5 heteroatoms. The summed E-state index contributed by atoms with van der Waals surface area (Å²) >= 11 is 0. The topological polar surface area (TPSA) is 59.4 Å². The van der Waals surface area contributed by atoms with Crippen molar-refractivity contribution >= 4 is 5.97 Å². The first kappa shape index (κ1) is 14.5. The third-order valence-corrected chi connectivity index (χ3v) is 3.02. The number of pyridine rings is 1. The Morgan fingerprint density at radius 3 is 2.76 bits per heavy atom. The zero-order valence-corrected chi connectivity index (χ0v) is 11.5. The van der Waals surface area contributed by atoms with Crippen LogP contribution in [0.15, 0.2) is 24.4 Å². The number of terminal acetylenes is 1. The second-order valence-electron chi connectivity index (χ2n) is 4.33. The lowest BCUT2D eigenvalue weighted by Crippen LogP contribution is -2.04. The van der Waals surface area contributed by atoms with Gasteiger partial charge in [-0.15, -0.1) is 6.42 Å². The van der Waals surface area contributed by atoms with E-state index in [0.717, 1.165) is 0 Å². The highest BCUT2D eigenvalue weighted by Gasteiger charge is 2.21. The molecular formula is C16H12FNO3. The molecule has 0 bridgehead atoms. The van der Waals surface area contributed by atoms with Gasteiger partial charge >= 0.3 is 5.97 Å². The maximum atomic E-state index is 14.5. The van der Waals surface area contributed by atoms with Crippen LogP contribution in [0.1, 0.15) is 21.6 Å². The number of aromatic carboxylic acids is 1. The first-order valence-corrected chi connectivity index (χ1v) is 6.03. The van der Waals surface area contributed by atoms with Gasteiger partial charge in [0.15, 0.2) is 0 Å². The van der Waals surface area contributed by atoms with Crippen molar-refractivity contribution < 1.29 is 19.0 Å². The fraction of sp³-hybridized carbons (Fsp3) is 0.125. The minimum absolute atomic E-state index is 0.0239. The van der Waals surface area contributed by atoms with Crippen LogP contribution in [0.5, 0.6) is 5.75 Å². The van der Waals surface area contributed by atoms with Crippen LogP contribution in [0.4, 0.5) is 4.39 Å². The minimum Gasteiger partial charge on any atom is -0.496 e. The van der Waals surface area contributed by atoms with Crippen molar-refractivity contribution in [3.63, 3.8) is 0 Å². The number of carbonyl (C=O) groups is 1. The third-order valence-electron chi connectivity index (χ3n) is 3.02. The molecule has 2 aromatic rings. The number of ether oxygens (including phenoxy) is 1. The van der Waals surface area contributed by atoms with E-state index in [0.29, 0.717) is 5.69 Å². The highest BCUT2D eigenvalue weighted by Crippen LogP contribution is 2.36. The SMILES string of the molecule is C#Cc1ccc(OC)c(-c2cc(C)ncc2C(=O)O)c1F. The van der Waals surface area contributed by atoms with Crippen molar-refractivity contribution in [1.82, 2.24) is 4.98 Å². The summed E-state index contributed by atoms with van der Waals surface area (Å²) in [7, 11) is 1.38. The minimum atomic E-state index is -1.20. The standard InChI is InChI=1S/C16H12FNO3/c1-4-10-5-6-13(21-3)14(15(10)17)11-7-9(2)18-8-12(11)16(19)20/h1,5-8H,2-3H3,(H,19,20). The highest BCUT2D eigenvalue weighted by atomic mass is 19.1. The number of carboxylic acids is 1. The molecule has 1 aromatic heterocycles. The fourth-order valence-corrected chi connectivity index (χ4v) is 2.03. The van der Waals surface area contributed by atoms with Gasteiger partial charge in [0.05, 0.1) is 23.8 Å². The summed E-state index contributed by atoms with van der Waals surface area (Å²) in [6, 6.07) is 4.41. The molecule has 0 saturated carbocycles. The molecule has 0 fully saturated rings. The summed E-state index contributed by atoms with van der Waals surface area (Å²) in [5.74, 6) is 0.541. The van der Waals surface area contributed by atoms with Crippen LogP contribution in [0, 0.1) is 25.1 Å². The van der Waals surface area contributed by atoms with Gasteiger partial charge in [-0.05, 0) is 25.1 Å². The Kier molecular flexibility index (Phi) is 3.90. The highest BCUT2D eigenvalue weighted by molar-refractivity contribution is 5.97. The molecule has 1 N–H and O–H groups in total. The van der Waals surface area contributed by atoms with E-state index < -0.39 is 11.8 Å². The summed E-state index contributed by atoms with van der Waals surface area (Å²) in [5.41, 5.74) is 0.684. The molecule has 0 saturated heterocycles. The number of hydrogen-bond donors (Lipinski definition) is 1. The van der Waals surface area contributed by atoms with Crippen LogP contribution in [0.25, 0.3) is 11.1 Å². The molecule has 0 aliphatic heterocycles. The van der Waals surface area contributed by atoms with Crippen LogP contribution < -0.4 is 4.74 Å².